The topological polar surface area (TPSA) is 42.7 Å². The third-order valence-electron chi connectivity index (χ3n) is 3.11. The lowest BCUT2D eigenvalue weighted by Gasteiger charge is -2.18. The summed E-state index contributed by atoms with van der Waals surface area (Å²) < 4.78 is 1.94. The predicted octanol–water partition coefficient (Wildman–Crippen LogP) is 2.71. The Balaban J connectivity index is 2.01. The Morgan fingerprint density at radius 1 is 1.28 bits per heavy atom. The van der Waals surface area contributed by atoms with Crippen molar-refractivity contribution >= 4 is 0 Å². The second kappa shape index (κ2) is 5.78. The zero-order valence-electron chi connectivity index (χ0n) is 11.2. The number of hydrogen-bond acceptors (Lipinski definition) is 3. The molecule has 0 fully saturated rings. The summed E-state index contributed by atoms with van der Waals surface area (Å²) in [6, 6.07) is 6.49. The summed E-state index contributed by atoms with van der Waals surface area (Å²) in [4.78, 5) is 4.36. The van der Waals surface area contributed by atoms with Crippen molar-refractivity contribution in [3.05, 3.63) is 48.0 Å². The molecule has 2 rings (SSSR count). The van der Waals surface area contributed by atoms with Crippen molar-refractivity contribution in [1.82, 2.24) is 20.1 Å². The highest BCUT2D eigenvalue weighted by molar-refractivity contribution is 5.12. The molecule has 0 aromatic carbocycles. The van der Waals surface area contributed by atoms with Crippen LogP contribution in [0.1, 0.15) is 44.1 Å². The number of rotatable bonds is 5. The zero-order chi connectivity index (χ0) is 13.0. The summed E-state index contributed by atoms with van der Waals surface area (Å²) in [7, 11) is 0. The van der Waals surface area contributed by atoms with Crippen LogP contribution < -0.4 is 5.32 Å². The monoisotopic (exact) mass is 244 g/mol. The minimum absolute atomic E-state index is 0.228. The quantitative estimate of drug-likeness (QED) is 0.879. The molecule has 0 saturated carbocycles. The average Bonchev–Trinajstić information content (AvgIpc) is 2.88. The van der Waals surface area contributed by atoms with Crippen LogP contribution in [0.25, 0.3) is 0 Å². The van der Waals surface area contributed by atoms with Gasteiger partial charge in [0.05, 0.1) is 11.9 Å². The first kappa shape index (κ1) is 12.8. The van der Waals surface area contributed by atoms with Crippen molar-refractivity contribution in [2.45, 2.75) is 39.4 Å². The maximum Gasteiger partial charge on any atom is 0.0570 e. The molecule has 0 aliphatic carbocycles. The molecule has 18 heavy (non-hydrogen) atoms. The van der Waals surface area contributed by atoms with Crippen LogP contribution in [0, 0.1) is 0 Å². The van der Waals surface area contributed by atoms with Gasteiger partial charge in [-0.1, -0.05) is 6.07 Å². The fourth-order valence-corrected chi connectivity index (χ4v) is 1.96. The minimum Gasteiger partial charge on any atom is -0.302 e. The summed E-state index contributed by atoms with van der Waals surface area (Å²) in [5.41, 5.74) is 2.27. The Morgan fingerprint density at radius 2 is 2.11 bits per heavy atom. The number of nitrogens with one attached hydrogen (secondary N) is 1. The summed E-state index contributed by atoms with van der Waals surface area (Å²) in [5.74, 6) is 0. The second-order valence-corrected chi connectivity index (χ2v) is 4.49. The van der Waals surface area contributed by atoms with E-state index in [2.05, 4.69) is 42.4 Å². The van der Waals surface area contributed by atoms with Crippen LogP contribution in [0.4, 0.5) is 0 Å². The van der Waals surface area contributed by atoms with Crippen molar-refractivity contribution in [3.8, 4) is 0 Å². The first-order chi connectivity index (χ1) is 8.70. The van der Waals surface area contributed by atoms with Gasteiger partial charge in [0.15, 0.2) is 0 Å². The van der Waals surface area contributed by atoms with Crippen LogP contribution >= 0.6 is 0 Å². The van der Waals surface area contributed by atoms with Gasteiger partial charge in [0, 0.05) is 36.6 Å². The van der Waals surface area contributed by atoms with Gasteiger partial charge in [-0.2, -0.15) is 5.10 Å². The molecule has 0 aliphatic rings. The maximum atomic E-state index is 4.36. The SMILES string of the molecule is CCn1cc(C(C)N[C@H](C)c2ccccn2)cn1. The minimum atomic E-state index is 0.228. The van der Waals surface area contributed by atoms with Crippen LogP contribution in [0.15, 0.2) is 36.8 Å². The number of aromatic nitrogens is 3. The highest BCUT2D eigenvalue weighted by Crippen LogP contribution is 2.17. The Labute approximate surface area is 108 Å². The Kier molecular flexibility index (Phi) is 4.10. The highest BCUT2D eigenvalue weighted by Gasteiger charge is 2.13. The predicted molar refractivity (Wildman–Crippen MR) is 72.1 cm³/mol. The summed E-state index contributed by atoms with van der Waals surface area (Å²) >= 11 is 0. The lowest BCUT2D eigenvalue weighted by molar-refractivity contribution is 0.486. The van der Waals surface area contributed by atoms with E-state index in [4.69, 9.17) is 0 Å². The lowest BCUT2D eigenvalue weighted by atomic mass is 10.1. The summed E-state index contributed by atoms with van der Waals surface area (Å²) in [6.45, 7) is 7.27. The molecule has 1 unspecified atom stereocenters. The van der Waals surface area contributed by atoms with Gasteiger partial charge in [-0.25, -0.2) is 0 Å². The van der Waals surface area contributed by atoms with E-state index in [-0.39, 0.29) is 12.1 Å². The molecule has 96 valence electrons. The first-order valence-electron chi connectivity index (χ1n) is 6.40. The zero-order valence-corrected chi connectivity index (χ0v) is 11.2. The molecule has 2 heterocycles. The molecule has 4 heteroatoms. The van der Waals surface area contributed by atoms with E-state index >= 15 is 0 Å². The van der Waals surface area contributed by atoms with Gasteiger partial charge >= 0.3 is 0 Å². The van der Waals surface area contributed by atoms with E-state index in [9.17, 15) is 0 Å². The van der Waals surface area contributed by atoms with Crippen molar-refractivity contribution in [2.75, 3.05) is 0 Å². The van der Waals surface area contributed by atoms with E-state index in [1.165, 1.54) is 5.56 Å². The van der Waals surface area contributed by atoms with Crippen molar-refractivity contribution in [1.29, 1.82) is 0 Å². The Morgan fingerprint density at radius 3 is 2.72 bits per heavy atom. The standard InChI is InChI=1S/C14H20N4/c1-4-18-10-13(9-16-18)11(2)17-12(3)14-7-5-6-8-15-14/h5-12,17H,4H2,1-3H3/t11?,12-/m1/s1. The number of nitrogens with zero attached hydrogens (tertiary/aromatic N) is 3. The van der Waals surface area contributed by atoms with Gasteiger partial charge in [-0.15, -0.1) is 0 Å². The van der Waals surface area contributed by atoms with E-state index in [0.29, 0.717) is 0 Å². The lowest BCUT2D eigenvalue weighted by Crippen LogP contribution is -2.22. The average molecular weight is 244 g/mol. The smallest absolute Gasteiger partial charge is 0.0570 e. The number of hydrogen-bond donors (Lipinski definition) is 1. The Bertz CT molecular complexity index is 478. The molecule has 0 aliphatic heterocycles. The van der Waals surface area contributed by atoms with Crippen molar-refractivity contribution < 1.29 is 0 Å². The molecule has 0 spiro atoms. The van der Waals surface area contributed by atoms with Gasteiger partial charge in [0.25, 0.3) is 0 Å². The van der Waals surface area contributed by atoms with Gasteiger partial charge in [0.2, 0.25) is 0 Å². The Hall–Kier alpha value is -1.68. The molecule has 1 N–H and O–H groups in total. The molecule has 2 aromatic rings. The molecule has 0 radical (unpaired) electrons. The normalized spacial score (nSPS) is 14.4. The van der Waals surface area contributed by atoms with E-state index in [1.54, 1.807) is 0 Å². The molecule has 2 aromatic heterocycles. The fourth-order valence-electron chi connectivity index (χ4n) is 1.96. The second-order valence-electron chi connectivity index (χ2n) is 4.49. The van der Waals surface area contributed by atoms with Crippen LogP contribution in [0.5, 0.6) is 0 Å². The third-order valence-corrected chi connectivity index (χ3v) is 3.11. The van der Waals surface area contributed by atoms with E-state index in [1.807, 2.05) is 35.3 Å². The van der Waals surface area contributed by atoms with Gasteiger partial charge in [-0.3, -0.25) is 9.67 Å². The van der Waals surface area contributed by atoms with Crippen molar-refractivity contribution in [2.24, 2.45) is 0 Å². The largest absolute Gasteiger partial charge is 0.302 e. The molecule has 2 atom stereocenters. The van der Waals surface area contributed by atoms with Crippen molar-refractivity contribution in [3.63, 3.8) is 0 Å². The molecule has 4 nitrogen and oxygen atoms in total. The van der Waals surface area contributed by atoms with Crippen LogP contribution in [0.3, 0.4) is 0 Å². The summed E-state index contributed by atoms with van der Waals surface area (Å²) in [5, 5.41) is 7.83. The van der Waals surface area contributed by atoms with Gasteiger partial charge < -0.3 is 5.32 Å². The highest BCUT2D eigenvalue weighted by atomic mass is 15.3. The van der Waals surface area contributed by atoms with Gasteiger partial charge in [0.1, 0.15) is 0 Å². The molecule has 0 amide bonds. The van der Waals surface area contributed by atoms with E-state index < -0.39 is 0 Å². The fraction of sp³-hybridized carbons (Fsp3) is 0.429. The maximum absolute atomic E-state index is 4.36. The number of aryl methyl sites for hydroxylation is 1. The van der Waals surface area contributed by atoms with Crippen LogP contribution in [-0.4, -0.2) is 14.8 Å². The molecule has 0 saturated heterocycles. The summed E-state index contributed by atoms with van der Waals surface area (Å²) in [6.07, 6.45) is 5.84. The first-order valence-corrected chi connectivity index (χ1v) is 6.40. The molecular formula is C14H20N4. The van der Waals surface area contributed by atoms with Crippen LogP contribution in [0.2, 0.25) is 0 Å². The van der Waals surface area contributed by atoms with Crippen LogP contribution in [-0.2, 0) is 6.54 Å². The van der Waals surface area contributed by atoms with E-state index in [0.717, 1.165) is 12.2 Å². The van der Waals surface area contributed by atoms with Gasteiger partial charge in [-0.05, 0) is 32.9 Å². The third kappa shape index (κ3) is 2.96. The number of pyridine rings is 1. The molecular weight excluding hydrogens is 224 g/mol. The molecule has 0 bridgehead atoms.